The van der Waals surface area contributed by atoms with Crippen molar-refractivity contribution in [3.8, 4) is 0 Å². The molecule has 0 aliphatic rings. The van der Waals surface area contributed by atoms with E-state index < -0.39 is 29.0 Å². The van der Waals surface area contributed by atoms with Gasteiger partial charge in [-0.25, -0.2) is 21.2 Å². The van der Waals surface area contributed by atoms with Crippen LogP contribution in [0, 0.1) is 6.92 Å². The summed E-state index contributed by atoms with van der Waals surface area (Å²) in [5, 5.41) is 0.579. The second-order valence-electron chi connectivity index (χ2n) is 6.07. The molecule has 0 N–H and O–H groups in total. The van der Waals surface area contributed by atoms with E-state index in [0.29, 0.717) is 16.5 Å². The van der Waals surface area contributed by atoms with Crippen LogP contribution in [0.25, 0.3) is 10.9 Å². The Balaban J connectivity index is 2.19. The van der Waals surface area contributed by atoms with E-state index in [1.54, 1.807) is 36.4 Å². The van der Waals surface area contributed by atoms with Gasteiger partial charge < -0.3 is 4.74 Å². The summed E-state index contributed by atoms with van der Waals surface area (Å²) in [6, 6.07) is 13.3. The monoisotopic (exact) mass is 379 g/mol. The third-order valence-corrected chi connectivity index (χ3v) is 6.00. The van der Waals surface area contributed by atoms with E-state index in [9.17, 15) is 17.2 Å². The Morgan fingerprint density at radius 1 is 1.08 bits per heavy atom. The minimum Gasteiger partial charge on any atom is -0.376 e. The van der Waals surface area contributed by atoms with Crippen molar-refractivity contribution in [3.63, 3.8) is 0 Å². The first kappa shape index (κ1) is 18.5. The highest BCUT2D eigenvalue weighted by Gasteiger charge is 2.26. The number of benzene rings is 2. The van der Waals surface area contributed by atoms with Crippen LogP contribution in [0.15, 0.2) is 59.6 Å². The first-order valence-corrected chi connectivity index (χ1v) is 9.51. The maximum atomic E-state index is 13.1. The molecular weight excluding hydrogens is 360 g/mol. The molecule has 4 nitrogen and oxygen atoms in total. The smallest absolute Gasteiger partial charge is 0.268 e. The van der Waals surface area contributed by atoms with Crippen LogP contribution in [-0.4, -0.2) is 25.9 Å². The summed E-state index contributed by atoms with van der Waals surface area (Å²) in [6.07, 6.45) is -2.57. The fourth-order valence-electron chi connectivity index (χ4n) is 2.97. The third kappa shape index (κ3) is 3.37. The molecule has 26 heavy (non-hydrogen) atoms. The number of hydrogen-bond acceptors (Lipinski definition) is 3. The number of methoxy groups -OCH3 is 1. The fraction of sp³-hybridized carbons (Fsp3) is 0.263. The number of aryl methyl sites for hydroxylation is 1. The normalized spacial score (nSPS) is 13.4. The lowest BCUT2D eigenvalue weighted by atomic mass is 10.1. The van der Waals surface area contributed by atoms with E-state index in [0.717, 1.165) is 9.54 Å². The van der Waals surface area contributed by atoms with Crippen LogP contribution >= 0.6 is 0 Å². The molecular formula is C19H19F2NO3S. The third-order valence-electron chi connectivity index (χ3n) is 4.31. The molecule has 0 fully saturated rings. The summed E-state index contributed by atoms with van der Waals surface area (Å²) in [6.45, 7) is 1.87. The van der Waals surface area contributed by atoms with Gasteiger partial charge in [-0.1, -0.05) is 35.9 Å². The minimum atomic E-state index is -3.86. The summed E-state index contributed by atoms with van der Waals surface area (Å²) < 4.78 is 58.3. The molecule has 0 radical (unpaired) electrons. The average molecular weight is 379 g/mol. The van der Waals surface area contributed by atoms with E-state index in [1.807, 2.05) is 6.92 Å². The number of ether oxygens (including phenoxy) is 1. The number of nitrogens with zero attached hydrogens (tertiary/aromatic N) is 1. The summed E-state index contributed by atoms with van der Waals surface area (Å²) in [5.74, 6) is 0. The molecule has 1 atom stereocenters. The van der Waals surface area contributed by atoms with Crippen LogP contribution in [0.3, 0.4) is 0 Å². The van der Waals surface area contributed by atoms with Crippen molar-refractivity contribution in [3.05, 3.63) is 65.9 Å². The zero-order valence-corrected chi connectivity index (χ0v) is 15.2. The molecule has 0 amide bonds. The van der Waals surface area contributed by atoms with Crippen LogP contribution in [-0.2, 0) is 14.8 Å². The summed E-state index contributed by atoms with van der Waals surface area (Å²) in [4.78, 5) is 0.137. The van der Waals surface area contributed by atoms with Crippen molar-refractivity contribution in [2.45, 2.75) is 30.8 Å². The number of para-hydroxylation sites is 1. The van der Waals surface area contributed by atoms with E-state index in [-0.39, 0.29) is 4.90 Å². The van der Waals surface area contributed by atoms with Gasteiger partial charge in [0.25, 0.3) is 10.0 Å². The quantitative estimate of drug-likeness (QED) is 0.632. The molecule has 138 valence electrons. The van der Waals surface area contributed by atoms with Gasteiger partial charge >= 0.3 is 0 Å². The van der Waals surface area contributed by atoms with Crippen molar-refractivity contribution in [1.82, 2.24) is 3.97 Å². The van der Waals surface area contributed by atoms with Gasteiger partial charge in [0.05, 0.1) is 16.5 Å². The lowest BCUT2D eigenvalue weighted by Crippen LogP contribution is -2.12. The van der Waals surface area contributed by atoms with Gasteiger partial charge in [-0.15, -0.1) is 0 Å². The second-order valence-corrected chi connectivity index (χ2v) is 7.88. The van der Waals surface area contributed by atoms with Crippen molar-refractivity contribution in [2.75, 3.05) is 7.11 Å². The number of hydrogen-bond donors (Lipinski definition) is 0. The van der Waals surface area contributed by atoms with Gasteiger partial charge in [0.2, 0.25) is 6.43 Å². The molecule has 0 aliphatic carbocycles. The molecule has 1 aromatic heterocycles. The van der Waals surface area contributed by atoms with E-state index in [2.05, 4.69) is 0 Å². The topological polar surface area (TPSA) is 48.3 Å². The lowest BCUT2D eigenvalue weighted by Gasteiger charge is -2.14. The van der Waals surface area contributed by atoms with Crippen molar-refractivity contribution in [1.29, 1.82) is 0 Å². The maximum absolute atomic E-state index is 13.1. The number of halogens is 2. The van der Waals surface area contributed by atoms with Gasteiger partial charge in [-0.3, -0.25) is 0 Å². The Morgan fingerprint density at radius 3 is 2.35 bits per heavy atom. The Labute approximate surface area is 151 Å². The highest BCUT2D eigenvalue weighted by molar-refractivity contribution is 7.90. The minimum absolute atomic E-state index is 0.137. The largest absolute Gasteiger partial charge is 0.376 e. The first-order valence-electron chi connectivity index (χ1n) is 8.07. The predicted molar refractivity (Wildman–Crippen MR) is 96.1 cm³/mol. The first-order chi connectivity index (χ1) is 12.3. The Morgan fingerprint density at radius 2 is 1.73 bits per heavy atom. The average Bonchev–Trinajstić information content (AvgIpc) is 3.00. The van der Waals surface area contributed by atoms with Gasteiger partial charge in [0, 0.05) is 30.7 Å². The van der Waals surface area contributed by atoms with Crippen LogP contribution in [0.2, 0.25) is 0 Å². The SMILES string of the molecule is COC(CC(F)F)c1cn(S(=O)(=O)c2ccc(C)cc2)c2ccccc12. The molecule has 2 aromatic carbocycles. The van der Waals surface area contributed by atoms with Crippen LogP contribution < -0.4 is 0 Å². The molecule has 0 saturated heterocycles. The summed E-state index contributed by atoms with van der Waals surface area (Å²) in [7, 11) is -2.52. The predicted octanol–water partition coefficient (Wildman–Crippen LogP) is 4.53. The van der Waals surface area contributed by atoms with E-state index in [4.69, 9.17) is 4.74 Å². The Kier molecular flexibility index (Phi) is 5.11. The van der Waals surface area contributed by atoms with E-state index >= 15 is 0 Å². The molecule has 3 rings (SSSR count). The molecule has 0 saturated carbocycles. The van der Waals surface area contributed by atoms with Gasteiger partial charge in [-0.05, 0) is 25.1 Å². The lowest BCUT2D eigenvalue weighted by molar-refractivity contribution is 0.0312. The second kappa shape index (κ2) is 7.17. The molecule has 1 unspecified atom stereocenters. The molecule has 1 heterocycles. The van der Waals surface area contributed by atoms with Crippen molar-refractivity contribution in [2.24, 2.45) is 0 Å². The fourth-order valence-corrected chi connectivity index (χ4v) is 4.34. The van der Waals surface area contributed by atoms with Crippen LogP contribution in [0.5, 0.6) is 0 Å². The van der Waals surface area contributed by atoms with Crippen molar-refractivity contribution < 1.29 is 21.9 Å². The summed E-state index contributed by atoms with van der Waals surface area (Å²) >= 11 is 0. The van der Waals surface area contributed by atoms with E-state index in [1.165, 1.54) is 25.4 Å². The van der Waals surface area contributed by atoms with Gasteiger partial charge in [0.1, 0.15) is 0 Å². The molecule has 3 aromatic rings. The van der Waals surface area contributed by atoms with Gasteiger partial charge in [0.15, 0.2) is 0 Å². The van der Waals surface area contributed by atoms with Crippen molar-refractivity contribution >= 4 is 20.9 Å². The number of fused-ring (bicyclic) bond motifs is 1. The molecule has 0 aliphatic heterocycles. The van der Waals surface area contributed by atoms with Gasteiger partial charge in [-0.2, -0.15) is 0 Å². The summed E-state index contributed by atoms with van der Waals surface area (Å²) in [5.41, 5.74) is 1.80. The number of alkyl halides is 2. The number of rotatable bonds is 6. The Hall–Kier alpha value is -2.25. The molecule has 7 heteroatoms. The standard InChI is InChI=1S/C19H19F2NO3S/c1-13-7-9-14(10-8-13)26(23,24)22-12-16(18(25-2)11-19(20)21)15-5-3-4-6-17(15)22/h3-10,12,18-19H,11H2,1-2H3. The highest BCUT2D eigenvalue weighted by atomic mass is 32.2. The zero-order valence-electron chi connectivity index (χ0n) is 14.4. The maximum Gasteiger partial charge on any atom is 0.268 e. The zero-order chi connectivity index (χ0) is 18.9. The van der Waals surface area contributed by atoms with Crippen LogP contribution in [0.1, 0.15) is 23.7 Å². The number of aromatic nitrogens is 1. The molecule has 0 bridgehead atoms. The highest BCUT2D eigenvalue weighted by Crippen LogP contribution is 2.33. The van der Waals surface area contributed by atoms with Crippen LogP contribution in [0.4, 0.5) is 8.78 Å². The Bertz CT molecular complexity index is 1010. The molecule has 0 spiro atoms.